The zero-order chi connectivity index (χ0) is 29.3. The van der Waals surface area contributed by atoms with Crippen molar-refractivity contribution in [2.45, 2.75) is 6.42 Å². The van der Waals surface area contributed by atoms with Gasteiger partial charge in [-0.1, -0.05) is 42.4 Å². The molecular formula is C30H30ClFN6O3. The van der Waals surface area contributed by atoms with Crippen LogP contribution in [0.2, 0.25) is 5.02 Å². The van der Waals surface area contributed by atoms with Crippen LogP contribution in [-0.4, -0.2) is 83.5 Å². The number of nitrogens with zero attached hydrogens (tertiary/aromatic N) is 5. The smallest absolute Gasteiger partial charge is 0.246 e. The van der Waals surface area contributed by atoms with Gasteiger partial charge in [0.1, 0.15) is 17.1 Å². The van der Waals surface area contributed by atoms with Crippen LogP contribution in [0.3, 0.4) is 0 Å². The van der Waals surface area contributed by atoms with Crippen molar-refractivity contribution in [3.8, 4) is 16.9 Å². The van der Waals surface area contributed by atoms with Crippen LogP contribution >= 0.6 is 11.6 Å². The van der Waals surface area contributed by atoms with E-state index in [4.69, 9.17) is 16.6 Å². The molecule has 2 amide bonds. The molecule has 0 atom stereocenters. The van der Waals surface area contributed by atoms with Gasteiger partial charge in [-0.2, -0.15) is 4.98 Å². The van der Waals surface area contributed by atoms with Crippen molar-refractivity contribution < 1.29 is 19.1 Å². The minimum absolute atomic E-state index is 0.0162. The number of phenols is 1. The number of hydrogen-bond acceptors (Lipinski definition) is 7. The van der Waals surface area contributed by atoms with Gasteiger partial charge in [-0.25, -0.2) is 9.37 Å². The molecule has 1 aliphatic heterocycles. The summed E-state index contributed by atoms with van der Waals surface area (Å²) in [7, 11) is 3.35. The number of aromatic nitrogens is 2. The number of hydrogen-bond donors (Lipinski definition) is 2. The summed E-state index contributed by atoms with van der Waals surface area (Å²) in [6, 6.07) is 12.1. The van der Waals surface area contributed by atoms with E-state index >= 15 is 4.39 Å². The Labute approximate surface area is 241 Å². The Morgan fingerprint density at radius 3 is 2.56 bits per heavy atom. The predicted molar refractivity (Wildman–Crippen MR) is 160 cm³/mol. The molecule has 1 fully saturated rings. The van der Waals surface area contributed by atoms with Gasteiger partial charge in [0.15, 0.2) is 5.82 Å². The molecule has 0 radical (unpaired) electrons. The third kappa shape index (κ3) is 5.60. The molecule has 212 valence electrons. The Morgan fingerprint density at radius 2 is 1.85 bits per heavy atom. The fourth-order valence-electron chi connectivity index (χ4n) is 5.02. The summed E-state index contributed by atoms with van der Waals surface area (Å²) < 4.78 is 16.5. The van der Waals surface area contributed by atoms with E-state index < -0.39 is 5.82 Å². The molecule has 1 aromatic heterocycles. The number of rotatable bonds is 7. The largest absolute Gasteiger partial charge is 0.508 e. The number of carbonyl (C=O) groups excluding carboxylic acids is 2. The Balaban J connectivity index is 1.63. The van der Waals surface area contributed by atoms with E-state index in [1.807, 2.05) is 29.2 Å². The topological polar surface area (TPSA) is 102 Å². The molecule has 5 rings (SSSR count). The zero-order valence-corrected chi connectivity index (χ0v) is 23.6. The predicted octanol–water partition coefficient (Wildman–Crippen LogP) is 4.67. The molecule has 11 heteroatoms. The Bertz CT molecular complexity index is 1670. The Morgan fingerprint density at radius 1 is 1.12 bits per heavy atom. The highest BCUT2D eigenvalue weighted by Crippen LogP contribution is 2.42. The first kappa shape index (κ1) is 28.1. The Kier molecular flexibility index (Phi) is 7.94. The van der Waals surface area contributed by atoms with E-state index in [0.29, 0.717) is 42.9 Å². The lowest BCUT2D eigenvalue weighted by atomic mass is 9.96. The van der Waals surface area contributed by atoms with E-state index in [0.717, 1.165) is 10.8 Å². The van der Waals surface area contributed by atoms with Gasteiger partial charge >= 0.3 is 0 Å². The highest BCUT2D eigenvalue weighted by atomic mass is 35.5. The van der Waals surface area contributed by atoms with Gasteiger partial charge in [0.25, 0.3) is 0 Å². The number of nitrogens with one attached hydrogen (secondary N) is 1. The van der Waals surface area contributed by atoms with Crippen LogP contribution in [0.15, 0.2) is 55.1 Å². The first-order valence-corrected chi connectivity index (χ1v) is 13.6. The minimum Gasteiger partial charge on any atom is -0.508 e. The van der Waals surface area contributed by atoms with Crippen molar-refractivity contribution in [1.82, 2.24) is 19.8 Å². The second-order valence-electron chi connectivity index (χ2n) is 10.0. The van der Waals surface area contributed by atoms with Crippen LogP contribution in [-0.2, 0) is 9.59 Å². The number of carbonyl (C=O) groups is 2. The third-order valence-corrected chi connectivity index (χ3v) is 7.46. The van der Waals surface area contributed by atoms with E-state index in [-0.39, 0.29) is 52.6 Å². The van der Waals surface area contributed by atoms with Gasteiger partial charge in [-0.3, -0.25) is 9.59 Å². The number of halogens is 2. The van der Waals surface area contributed by atoms with E-state index in [9.17, 15) is 14.7 Å². The molecule has 0 saturated carbocycles. The van der Waals surface area contributed by atoms with Crippen molar-refractivity contribution in [2.75, 3.05) is 57.0 Å². The highest BCUT2D eigenvalue weighted by Gasteiger charge is 2.26. The van der Waals surface area contributed by atoms with Gasteiger partial charge in [-0.05, 0) is 40.6 Å². The average molecular weight is 577 g/mol. The standard InChI is InChI=1S/C30H30ClFN6O3/c1-4-24(40)37-11-13-38(14-12-37)29-22-17-23(31)26(21-16-19(39)15-18-7-5-6-8-20(18)21)27(32)28(22)34-30(35-29)33-10-9-25(41)36(2)3/h4-8,15-17,39H,1,9-14H2,2-3H3,(H,33,34,35). The van der Waals surface area contributed by atoms with Crippen LogP contribution in [0.5, 0.6) is 5.75 Å². The van der Waals surface area contributed by atoms with Crippen LogP contribution in [0.1, 0.15) is 6.42 Å². The lowest BCUT2D eigenvalue weighted by Gasteiger charge is -2.35. The molecule has 1 aliphatic rings. The van der Waals surface area contributed by atoms with Gasteiger partial charge < -0.3 is 25.1 Å². The van der Waals surface area contributed by atoms with Gasteiger partial charge in [-0.15, -0.1) is 0 Å². The first-order chi connectivity index (χ1) is 19.7. The summed E-state index contributed by atoms with van der Waals surface area (Å²) >= 11 is 6.76. The number of amides is 2. The fourth-order valence-corrected chi connectivity index (χ4v) is 5.31. The zero-order valence-electron chi connectivity index (χ0n) is 22.8. The second-order valence-corrected chi connectivity index (χ2v) is 10.4. The summed E-state index contributed by atoms with van der Waals surface area (Å²) in [5.41, 5.74) is 0.603. The molecule has 3 aromatic carbocycles. The molecular weight excluding hydrogens is 547 g/mol. The second kappa shape index (κ2) is 11.6. The number of phenolic OH excluding ortho intramolecular Hbond substituents is 1. The van der Waals surface area contributed by atoms with Crippen LogP contribution < -0.4 is 10.2 Å². The average Bonchev–Trinajstić information content (AvgIpc) is 2.96. The summed E-state index contributed by atoms with van der Waals surface area (Å²) in [6.07, 6.45) is 1.49. The molecule has 0 spiro atoms. The van der Waals surface area contributed by atoms with Crippen LogP contribution in [0.25, 0.3) is 32.8 Å². The fraction of sp³-hybridized carbons (Fsp3) is 0.267. The van der Waals surface area contributed by atoms with Crippen molar-refractivity contribution in [3.05, 3.63) is 66.0 Å². The quantitative estimate of drug-likeness (QED) is 0.308. The summed E-state index contributed by atoms with van der Waals surface area (Å²) in [4.78, 5) is 38.6. The summed E-state index contributed by atoms with van der Waals surface area (Å²) in [5.74, 6) is -0.260. The number of aromatic hydroxyl groups is 1. The minimum atomic E-state index is -0.653. The molecule has 0 unspecified atom stereocenters. The number of fused-ring (bicyclic) bond motifs is 2. The van der Waals surface area contributed by atoms with Crippen molar-refractivity contribution in [2.24, 2.45) is 0 Å². The van der Waals surface area contributed by atoms with Gasteiger partial charge in [0, 0.05) is 64.2 Å². The number of piperazine rings is 1. The van der Waals surface area contributed by atoms with E-state index in [1.165, 1.54) is 17.0 Å². The molecule has 41 heavy (non-hydrogen) atoms. The molecule has 0 bridgehead atoms. The maximum absolute atomic E-state index is 16.5. The number of benzene rings is 3. The lowest BCUT2D eigenvalue weighted by molar-refractivity contribution is -0.128. The van der Waals surface area contributed by atoms with Crippen LogP contribution in [0, 0.1) is 5.82 Å². The Hall–Kier alpha value is -4.44. The monoisotopic (exact) mass is 576 g/mol. The molecule has 4 aromatic rings. The maximum Gasteiger partial charge on any atom is 0.246 e. The van der Waals surface area contributed by atoms with E-state index in [1.54, 1.807) is 31.1 Å². The molecule has 0 aliphatic carbocycles. The van der Waals surface area contributed by atoms with Crippen molar-refractivity contribution in [3.63, 3.8) is 0 Å². The highest BCUT2D eigenvalue weighted by molar-refractivity contribution is 6.35. The van der Waals surface area contributed by atoms with Crippen molar-refractivity contribution >= 4 is 56.9 Å². The number of anilines is 2. The van der Waals surface area contributed by atoms with E-state index in [2.05, 4.69) is 16.9 Å². The van der Waals surface area contributed by atoms with Gasteiger partial charge in [0.2, 0.25) is 17.8 Å². The molecule has 2 N–H and O–H groups in total. The SMILES string of the molecule is C=CC(=O)N1CCN(c2nc(NCCC(=O)N(C)C)nc3c(F)c(-c4cc(O)cc5ccccc45)c(Cl)cc23)CC1. The van der Waals surface area contributed by atoms with Crippen LogP contribution in [0.4, 0.5) is 16.2 Å². The molecule has 9 nitrogen and oxygen atoms in total. The molecule has 1 saturated heterocycles. The van der Waals surface area contributed by atoms with Gasteiger partial charge in [0.05, 0.1) is 5.02 Å². The summed E-state index contributed by atoms with van der Waals surface area (Å²) in [6.45, 7) is 5.62. The van der Waals surface area contributed by atoms with Crippen molar-refractivity contribution in [1.29, 1.82) is 0 Å². The maximum atomic E-state index is 16.5. The summed E-state index contributed by atoms with van der Waals surface area (Å²) in [5, 5.41) is 15.5. The molecule has 2 heterocycles. The first-order valence-electron chi connectivity index (χ1n) is 13.2. The lowest BCUT2D eigenvalue weighted by Crippen LogP contribution is -2.48. The normalized spacial score (nSPS) is 13.5. The third-order valence-electron chi connectivity index (χ3n) is 7.17.